The second kappa shape index (κ2) is 5.89. The molecular formula is C23H20O2. The molecule has 0 aromatic heterocycles. The van der Waals surface area contributed by atoms with Crippen LogP contribution < -0.4 is 4.74 Å². The van der Waals surface area contributed by atoms with Crippen LogP contribution >= 0.6 is 0 Å². The van der Waals surface area contributed by atoms with Gasteiger partial charge < -0.3 is 4.74 Å². The van der Waals surface area contributed by atoms with E-state index in [1.165, 1.54) is 11.1 Å². The molecule has 1 aliphatic rings. The van der Waals surface area contributed by atoms with Crippen molar-refractivity contribution in [1.29, 1.82) is 0 Å². The second-order valence-electron chi connectivity index (χ2n) is 6.76. The average molecular weight is 328 g/mol. The predicted molar refractivity (Wildman–Crippen MR) is 99.2 cm³/mol. The van der Waals surface area contributed by atoms with Gasteiger partial charge in [0.25, 0.3) is 0 Å². The molecule has 0 atom stereocenters. The zero-order valence-corrected chi connectivity index (χ0v) is 14.5. The van der Waals surface area contributed by atoms with Crippen LogP contribution in [0, 0.1) is 13.8 Å². The van der Waals surface area contributed by atoms with Gasteiger partial charge in [-0.15, -0.1) is 0 Å². The van der Waals surface area contributed by atoms with E-state index < -0.39 is 5.60 Å². The van der Waals surface area contributed by atoms with Crippen molar-refractivity contribution >= 4 is 5.78 Å². The molecule has 3 aromatic rings. The average Bonchev–Trinajstić information content (AvgIpc) is 2.63. The first-order chi connectivity index (χ1) is 12.1. The topological polar surface area (TPSA) is 26.3 Å². The van der Waals surface area contributed by atoms with Crippen LogP contribution in [-0.2, 0) is 5.60 Å². The normalized spacial score (nSPS) is 15.4. The van der Waals surface area contributed by atoms with Gasteiger partial charge in [-0.3, -0.25) is 4.79 Å². The lowest BCUT2D eigenvalue weighted by Gasteiger charge is -2.39. The highest BCUT2D eigenvalue weighted by Crippen LogP contribution is 2.44. The lowest BCUT2D eigenvalue weighted by Crippen LogP contribution is -2.40. The maximum absolute atomic E-state index is 12.9. The highest BCUT2D eigenvalue weighted by Gasteiger charge is 2.43. The number of ether oxygens (including phenoxy) is 1. The standard InChI is InChI=1S/C23H20O2/c1-16-7-11-18(12-8-16)23(19-13-9-17(2)10-14-19)15-21(24)20-5-3-4-6-22(20)25-23/h3-14H,15H2,1-2H3. The number of rotatable bonds is 2. The van der Waals surface area contributed by atoms with Gasteiger partial charge in [-0.25, -0.2) is 0 Å². The molecule has 0 saturated heterocycles. The lowest BCUT2D eigenvalue weighted by molar-refractivity contribution is 0.0617. The molecule has 25 heavy (non-hydrogen) atoms. The summed E-state index contributed by atoms with van der Waals surface area (Å²) in [6.45, 7) is 4.12. The summed E-state index contributed by atoms with van der Waals surface area (Å²) in [5.74, 6) is 0.767. The van der Waals surface area contributed by atoms with Gasteiger partial charge >= 0.3 is 0 Å². The predicted octanol–water partition coefficient (Wildman–Crippen LogP) is 5.21. The largest absolute Gasteiger partial charge is 0.477 e. The van der Waals surface area contributed by atoms with Crippen molar-refractivity contribution in [3.63, 3.8) is 0 Å². The van der Waals surface area contributed by atoms with Crippen molar-refractivity contribution in [2.24, 2.45) is 0 Å². The van der Waals surface area contributed by atoms with Crippen molar-refractivity contribution in [3.8, 4) is 5.75 Å². The maximum Gasteiger partial charge on any atom is 0.171 e. The molecule has 1 aliphatic heterocycles. The Balaban J connectivity index is 1.93. The Morgan fingerprint density at radius 1 is 0.760 bits per heavy atom. The monoisotopic (exact) mass is 328 g/mol. The van der Waals surface area contributed by atoms with Crippen molar-refractivity contribution in [1.82, 2.24) is 0 Å². The molecule has 0 N–H and O–H groups in total. The smallest absolute Gasteiger partial charge is 0.171 e. The highest BCUT2D eigenvalue weighted by atomic mass is 16.5. The lowest BCUT2D eigenvalue weighted by atomic mass is 9.78. The van der Waals surface area contributed by atoms with E-state index in [1.54, 1.807) is 0 Å². The Hall–Kier alpha value is -2.87. The molecular weight excluding hydrogens is 308 g/mol. The van der Waals surface area contributed by atoms with E-state index in [4.69, 9.17) is 4.74 Å². The third-order valence-corrected chi connectivity index (χ3v) is 4.92. The van der Waals surface area contributed by atoms with E-state index in [2.05, 4.69) is 62.4 Å². The number of para-hydroxylation sites is 1. The van der Waals surface area contributed by atoms with E-state index in [0.29, 0.717) is 17.7 Å². The minimum atomic E-state index is -0.785. The quantitative estimate of drug-likeness (QED) is 0.645. The van der Waals surface area contributed by atoms with Crippen LogP contribution in [0.3, 0.4) is 0 Å². The third-order valence-electron chi connectivity index (χ3n) is 4.92. The van der Waals surface area contributed by atoms with Crippen LogP contribution in [0.2, 0.25) is 0 Å². The summed E-state index contributed by atoms with van der Waals surface area (Å²) in [5.41, 5.74) is 4.26. The van der Waals surface area contributed by atoms with E-state index in [1.807, 2.05) is 24.3 Å². The fourth-order valence-corrected chi connectivity index (χ4v) is 3.47. The van der Waals surface area contributed by atoms with E-state index in [9.17, 15) is 4.79 Å². The number of Topliss-reactive ketones (excluding diaryl/α,β-unsaturated/α-hetero) is 1. The fraction of sp³-hybridized carbons (Fsp3) is 0.174. The van der Waals surface area contributed by atoms with Gasteiger partial charge in [0.1, 0.15) is 5.75 Å². The third kappa shape index (κ3) is 2.64. The second-order valence-corrected chi connectivity index (χ2v) is 6.76. The summed E-state index contributed by atoms with van der Waals surface area (Å²) in [6.07, 6.45) is 0.302. The Bertz CT molecular complexity index is 876. The van der Waals surface area contributed by atoms with Crippen LogP contribution in [0.5, 0.6) is 5.75 Å². The first-order valence-electron chi connectivity index (χ1n) is 8.54. The SMILES string of the molecule is Cc1ccc(C2(c3ccc(C)cc3)CC(=O)c3ccccc3O2)cc1. The number of fused-ring (bicyclic) bond motifs is 1. The number of hydrogen-bond donors (Lipinski definition) is 0. The number of hydrogen-bond acceptors (Lipinski definition) is 2. The molecule has 1 heterocycles. The van der Waals surface area contributed by atoms with Crippen molar-refractivity contribution in [3.05, 3.63) is 101 Å². The van der Waals surface area contributed by atoms with Gasteiger partial charge in [0.05, 0.1) is 12.0 Å². The molecule has 0 bridgehead atoms. The van der Waals surface area contributed by atoms with Crippen molar-refractivity contribution in [2.75, 3.05) is 0 Å². The summed E-state index contributed by atoms with van der Waals surface area (Å²) in [7, 11) is 0. The summed E-state index contributed by atoms with van der Waals surface area (Å²) in [5, 5.41) is 0. The van der Waals surface area contributed by atoms with Gasteiger partial charge in [0.15, 0.2) is 11.4 Å². The van der Waals surface area contributed by atoms with Crippen LogP contribution in [0.1, 0.15) is 39.0 Å². The number of carbonyl (C=O) groups excluding carboxylic acids is 1. The number of aryl methyl sites for hydroxylation is 2. The molecule has 0 radical (unpaired) electrons. The molecule has 0 amide bonds. The first-order valence-corrected chi connectivity index (χ1v) is 8.54. The Morgan fingerprint density at radius 2 is 1.28 bits per heavy atom. The summed E-state index contributed by atoms with van der Waals surface area (Å²) < 4.78 is 6.52. The van der Waals surface area contributed by atoms with Gasteiger partial charge in [0, 0.05) is 11.1 Å². The molecule has 0 unspecified atom stereocenters. The summed E-state index contributed by atoms with van der Waals surface area (Å²) >= 11 is 0. The van der Waals surface area contributed by atoms with Crippen LogP contribution in [0.15, 0.2) is 72.8 Å². The molecule has 0 saturated carbocycles. The van der Waals surface area contributed by atoms with Gasteiger partial charge in [0.2, 0.25) is 0 Å². The Morgan fingerprint density at radius 3 is 1.84 bits per heavy atom. The van der Waals surface area contributed by atoms with E-state index in [0.717, 1.165) is 11.1 Å². The summed E-state index contributed by atoms with van der Waals surface area (Å²) in [4.78, 5) is 12.9. The number of benzene rings is 3. The number of ketones is 1. The zero-order chi connectivity index (χ0) is 17.4. The van der Waals surface area contributed by atoms with Crippen molar-refractivity contribution < 1.29 is 9.53 Å². The molecule has 3 aromatic carbocycles. The minimum Gasteiger partial charge on any atom is -0.477 e. The van der Waals surface area contributed by atoms with Crippen molar-refractivity contribution in [2.45, 2.75) is 25.9 Å². The van der Waals surface area contributed by atoms with Gasteiger partial charge in [-0.1, -0.05) is 71.8 Å². The molecule has 0 aliphatic carbocycles. The van der Waals surface area contributed by atoms with Gasteiger partial charge in [-0.2, -0.15) is 0 Å². The van der Waals surface area contributed by atoms with Crippen LogP contribution in [0.4, 0.5) is 0 Å². The molecule has 2 nitrogen and oxygen atoms in total. The van der Waals surface area contributed by atoms with Crippen LogP contribution in [-0.4, -0.2) is 5.78 Å². The first kappa shape index (κ1) is 15.6. The molecule has 4 rings (SSSR count). The van der Waals surface area contributed by atoms with E-state index >= 15 is 0 Å². The fourth-order valence-electron chi connectivity index (χ4n) is 3.47. The Labute approximate surface area is 148 Å². The van der Waals surface area contributed by atoms with E-state index in [-0.39, 0.29) is 5.78 Å². The zero-order valence-electron chi connectivity index (χ0n) is 14.5. The highest BCUT2D eigenvalue weighted by molar-refractivity contribution is 6.00. The van der Waals surface area contributed by atoms with Crippen LogP contribution in [0.25, 0.3) is 0 Å². The molecule has 124 valence electrons. The maximum atomic E-state index is 12.9. The molecule has 0 fully saturated rings. The number of carbonyl (C=O) groups is 1. The van der Waals surface area contributed by atoms with Gasteiger partial charge in [-0.05, 0) is 26.0 Å². The summed E-state index contributed by atoms with van der Waals surface area (Å²) in [6, 6.07) is 24.0. The Kier molecular flexibility index (Phi) is 3.69. The minimum absolute atomic E-state index is 0.114. The molecule has 0 spiro atoms. The molecule has 2 heteroatoms.